The molecule has 4 heteroatoms. The Bertz CT molecular complexity index is 160. The lowest BCUT2D eigenvalue weighted by Crippen LogP contribution is -2.34. The van der Waals surface area contributed by atoms with Gasteiger partial charge in [0.25, 0.3) is 0 Å². The maximum atomic E-state index is 9.72. The molecule has 0 radical (unpaired) electrons. The Hall–Kier alpha value is -0.160. The molecule has 0 aromatic carbocycles. The van der Waals surface area contributed by atoms with Gasteiger partial charge in [0.1, 0.15) is 0 Å². The van der Waals surface area contributed by atoms with Gasteiger partial charge in [0.15, 0.2) is 0 Å². The Balaban J connectivity index is 2.04. The smallest absolute Gasteiger partial charge is 0.0900 e. The molecule has 2 unspecified atom stereocenters. The van der Waals surface area contributed by atoms with Gasteiger partial charge in [-0.15, -0.1) is 0 Å². The maximum Gasteiger partial charge on any atom is 0.0900 e. The molecular weight excluding hydrogens is 194 g/mol. The Kier molecular flexibility index (Phi) is 6.17. The van der Waals surface area contributed by atoms with Crippen LogP contribution in [0.5, 0.6) is 0 Å². The van der Waals surface area contributed by atoms with Crippen molar-refractivity contribution in [3.63, 3.8) is 0 Å². The SMILES string of the molecule is COCC(C)OCC(O)CN1CCCC1. The standard InChI is InChI=1S/C11H23NO3/c1-10(8-14-2)15-9-11(13)7-12-5-3-4-6-12/h10-11,13H,3-9H2,1-2H3. The highest BCUT2D eigenvalue weighted by Crippen LogP contribution is 2.08. The lowest BCUT2D eigenvalue weighted by atomic mass is 10.3. The molecule has 1 aliphatic heterocycles. The second-order valence-corrected chi connectivity index (χ2v) is 4.26. The van der Waals surface area contributed by atoms with Crippen molar-refractivity contribution in [1.29, 1.82) is 0 Å². The molecule has 0 amide bonds. The lowest BCUT2D eigenvalue weighted by molar-refractivity contribution is -0.0382. The average molecular weight is 217 g/mol. The highest BCUT2D eigenvalue weighted by molar-refractivity contribution is 4.70. The Labute approximate surface area is 92.2 Å². The monoisotopic (exact) mass is 217 g/mol. The van der Waals surface area contributed by atoms with Crippen molar-refractivity contribution in [2.75, 3.05) is 40.0 Å². The molecule has 0 spiro atoms. The van der Waals surface area contributed by atoms with Crippen LogP contribution in [0, 0.1) is 0 Å². The van der Waals surface area contributed by atoms with Gasteiger partial charge in [0, 0.05) is 13.7 Å². The average Bonchev–Trinajstić information content (AvgIpc) is 2.68. The minimum absolute atomic E-state index is 0.0585. The minimum atomic E-state index is -0.373. The second-order valence-electron chi connectivity index (χ2n) is 4.26. The van der Waals surface area contributed by atoms with Crippen molar-refractivity contribution in [3.8, 4) is 0 Å². The first-order valence-corrected chi connectivity index (χ1v) is 5.73. The number of β-amino-alcohol motifs (C(OH)–C–C–N with tert-alkyl or cyclic N) is 1. The predicted molar refractivity (Wildman–Crippen MR) is 59.0 cm³/mol. The van der Waals surface area contributed by atoms with Crippen molar-refractivity contribution in [1.82, 2.24) is 4.90 Å². The number of methoxy groups -OCH3 is 1. The van der Waals surface area contributed by atoms with E-state index in [4.69, 9.17) is 9.47 Å². The molecule has 1 rings (SSSR count). The number of nitrogens with zero attached hydrogens (tertiary/aromatic N) is 1. The summed E-state index contributed by atoms with van der Waals surface area (Å²) in [7, 11) is 1.65. The zero-order valence-corrected chi connectivity index (χ0v) is 9.82. The van der Waals surface area contributed by atoms with Crippen molar-refractivity contribution in [3.05, 3.63) is 0 Å². The van der Waals surface area contributed by atoms with E-state index in [1.54, 1.807) is 7.11 Å². The molecular formula is C11H23NO3. The topological polar surface area (TPSA) is 41.9 Å². The third-order valence-electron chi connectivity index (χ3n) is 2.64. The van der Waals surface area contributed by atoms with E-state index < -0.39 is 0 Å². The molecule has 4 nitrogen and oxygen atoms in total. The Morgan fingerprint density at radius 1 is 1.27 bits per heavy atom. The van der Waals surface area contributed by atoms with Crippen LogP contribution >= 0.6 is 0 Å². The fraction of sp³-hybridized carbons (Fsp3) is 1.00. The first-order chi connectivity index (χ1) is 7.22. The van der Waals surface area contributed by atoms with Crippen LogP contribution in [0.1, 0.15) is 19.8 Å². The molecule has 1 aliphatic rings. The Morgan fingerprint density at radius 3 is 2.53 bits per heavy atom. The molecule has 1 saturated heterocycles. The summed E-state index contributed by atoms with van der Waals surface area (Å²) in [5.41, 5.74) is 0. The van der Waals surface area contributed by atoms with Crippen LogP contribution in [0.4, 0.5) is 0 Å². The molecule has 90 valence electrons. The Morgan fingerprint density at radius 2 is 1.93 bits per heavy atom. The number of likely N-dealkylation sites (tertiary alicyclic amines) is 1. The number of hydrogen-bond acceptors (Lipinski definition) is 4. The summed E-state index contributed by atoms with van der Waals surface area (Å²) in [6.45, 7) is 5.90. The van der Waals surface area contributed by atoms with E-state index >= 15 is 0 Å². The third kappa shape index (κ3) is 5.47. The second kappa shape index (κ2) is 7.17. The van der Waals surface area contributed by atoms with E-state index in [0.29, 0.717) is 13.2 Å². The first-order valence-electron chi connectivity index (χ1n) is 5.73. The highest BCUT2D eigenvalue weighted by Gasteiger charge is 2.16. The number of ether oxygens (including phenoxy) is 2. The van der Waals surface area contributed by atoms with Gasteiger partial charge in [-0.1, -0.05) is 0 Å². The van der Waals surface area contributed by atoms with Crippen LogP contribution in [0.15, 0.2) is 0 Å². The zero-order chi connectivity index (χ0) is 11.1. The lowest BCUT2D eigenvalue weighted by Gasteiger charge is -2.20. The van der Waals surface area contributed by atoms with Crippen LogP contribution in [-0.4, -0.2) is 62.2 Å². The van der Waals surface area contributed by atoms with Gasteiger partial charge in [-0.05, 0) is 32.9 Å². The fourth-order valence-corrected chi connectivity index (χ4v) is 1.87. The summed E-state index contributed by atoms with van der Waals surface area (Å²) in [6, 6.07) is 0. The normalized spacial score (nSPS) is 21.8. The fourth-order valence-electron chi connectivity index (χ4n) is 1.87. The van der Waals surface area contributed by atoms with E-state index in [9.17, 15) is 5.11 Å². The quantitative estimate of drug-likeness (QED) is 0.674. The van der Waals surface area contributed by atoms with E-state index in [-0.39, 0.29) is 12.2 Å². The summed E-state index contributed by atoms with van der Waals surface area (Å²) < 4.78 is 10.4. The van der Waals surface area contributed by atoms with Crippen LogP contribution in [0.2, 0.25) is 0 Å². The minimum Gasteiger partial charge on any atom is -0.389 e. The summed E-state index contributed by atoms with van der Waals surface area (Å²) in [5.74, 6) is 0. The van der Waals surface area contributed by atoms with Crippen molar-refractivity contribution < 1.29 is 14.6 Å². The number of hydrogen-bond donors (Lipinski definition) is 1. The molecule has 0 aromatic rings. The summed E-state index contributed by atoms with van der Waals surface area (Å²) in [5, 5.41) is 9.72. The van der Waals surface area contributed by atoms with E-state index in [1.807, 2.05) is 6.92 Å². The van der Waals surface area contributed by atoms with Gasteiger partial charge < -0.3 is 19.5 Å². The molecule has 0 aliphatic carbocycles. The van der Waals surface area contributed by atoms with E-state index in [1.165, 1.54) is 12.8 Å². The van der Waals surface area contributed by atoms with E-state index in [0.717, 1.165) is 19.6 Å². The molecule has 2 atom stereocenters. The maximum absolute atomic E-state index is 9.72. The number of rotatable bonds is 7. The van der Waals surface area contributed by atoms with Crippen LogP contribution in [0.3, 0.4) is 0 Å². The molecule has 1 heterocycles. The van der Waals surface area contributed by atoms with Crippen LogP contribution in [0.25, 0.3) is 0 Å². The van der Waals surface area contributed by atoms with Gasteiger partial charge in [-0.25, -0.2) is 0 Å². The van der Waals surface area contributed by atoms with Crippen LogP contribution < -0.4 is 0 Å². The molecule has 0 saturated carbocycles. The molecule has 0 bridgehead atoms. The van der Waals surface area contributed by atoms with E-state index in [2.05, 4.69) is 4.90 Å². The van der Waals surface area contributed by atoms with Gasteiger partial charge in [0.2, 0.25) is 0 Å². The van der Waals surface area contributed by atoms with Crippen LogP contribution in [-0.2, 0) is 9.47 Å². The molecule has 0 aromatic heterocycles. The summed E-state index contributed by atoms with van der Waals surface area (Å²) in [6.07, 6.45) is 2.20. The summed E-state index contributed by atoms with van der Waals surface area (Å²) in [4.78, 5) is 2.29. The third-order valence-corrected chi connectivity index (χ3v) is 2.64. The summed E-state index contributed by atoms with van der Waals surface area (Å²) >= 11 is 0. The van der Waals surface area contributed by atoms with Gasteiger partial charge in [0.05, 0.1) is 25.4 Å². The first kappa shape index (κ1) is 12.9. The van der Waals surface area contributed by atoms with Gasteiger partial charge in [-0.3, -0.25) is 0 Å². The number of aliphatic hydroxyl groups excluding tert-OH is 1. The number of aliphatic hydroxyl groups is 1. The van der Waals surface area contributed by atoms with Gasteiger partial charge in [-0.2, -0.15) is 0 Å². The van der Waals surface area contributed by atoms with Crippen molar-refractivity contribution >= 4 is 0 Å². The predicted octanol–water partition coefficient (Wildman–Crippen LogP) is 0.495. The highest BCUT2D eigenvalue weighted by atomic mass is 16.5. The zero-order valence-electron chi connectivity index (χ0n) is 9.82. The molecule has 1 fully saturated rings. The van der Waals surface area contributed by atoms with Crippen molar-refractivity contribution in [2.24, 2.45) is 0 Å². The van der Waals surface area contributed by atoms with Crippen molar-refractivity contribution in [2.45, 2.75) is 32.0 Å². The molecule has 1 N–H and O–H groups in total. The molecule has 15 heavy (non-hydrogen) atoms. The van der Waals surface area contributed by atoms with Gasteiger partial charge >= 0.3 is 0 Å². The largest absolute Gasteiger partial charge is 0.389 e.